The van der Waals surface area contributed by atoms with Gasteiger partial charge in [-0.25, -0.2) is 0 Å². The molecule has 1 aliphatic rings. The van der Waals surface area contributed by atoms with Crippen molar-refractivity contribution in [2.24, 2.45) is 23.2 Å². The summed E-state index contributed by atoms with van der Waals surface area (Å²) in [4.78, 5) is 0. The van der Waals surface area contributed by atoms with Crippen LogP contribution in [0.25, 0.3) is 0 Å². The van der Waals surface area contributed by atoms with Gasteiger partial charge in [0.25, 0.3) is 0 Å². The molecular weight excluding hydrogens is 158 g/mol. The van der Waals surface area contributed by atoms with Gasteiger partial charge in [-0.2, -0.15) is 0 Å². The molecule has 0 heterocycles. The highest BCUT2D eigenvalue weighted by Crippen LogP contribution is 2.47. The molecule has 0 bridgehead atoms. The quantitative estimate of drug-likeness (QED) is 0.659. The average Bonchev–Trinajstić information content (AvgIpc) is 2.09. The van der Waals surface area contributed by atoms with Gasteiger partial charge in [0, 0.05) is 6.04 Å². The second-order valence-electron chi connectivity index (χ2n) is 5.50. The summed E-state index contributed by atoms with van der Waals surface area (Å²) in [6, 6.07) is 0.720. The smallest absolute Gasteiger partial charge is 0.00951 e. The predicted octanol–water partition coefficient (Wildman–Crippen LogP) is 2.91. The SMILES string of the molecule is CNC1C[C@@H](C)C(C)(C)[C@@H](C)[C@H]1C. The van der Waals surface area contributed by atoms with Crippen LogP contribution in [0.3, 0.4) is 0 Å². The summed E-state index contributed by atoms with van der Waals surface area (Å²) < 4.78 is 0. The van der Waals surface area contributed by atoms with Crippen LogP contribution < -0.4 is 5.32 Å². The molecule has 1 aliphatic carbocycles. The maximum atomic E-state index is 3.45. The Morgan fingerprint density at radius 1 is 1.15 bits per heavy atom. The molecule has 0 aromatic carbocycles. The summed E-state index contributed by atoms with van der Waals surface area (Å²) >= 11 is 0. The van der Waals surface area contributed by atoms with Crippen LogP contribution in [0, 0.1) is 23.2 Å². The summed E-state index contributed by atoms with van der Waals surface area (Å²) in [5.74, 6) is 2.45. The zero-order valence-electron chi connectivity index (χ0n) is 10.0. The largest absolute Gasteiger partial charge is 0.317 e. The molecule has 0 amide bonds. The van der Waals surface area contributed by atoms with Crippen molar-refractivity contribution in [3.8, 4) is 0 Å². The molecule has 0 radical (unpaired) electrons. The van der Waals surface area contributed by atoms with Crippen molar-refractivity contribution in [3.63, 3.8) is 0 Å². The first-order chi connectivity index (χ1) is 5.91. The molecule has 1 heteroatoms. The zero-order chi connectivity index (χ0) is 10.2. The second kappa shape index (κ2) is 3.61. The third kappa shape index (κ3) is 1.76. The fraction of sp³-hybridized carbons (Fsp3) is 1.00. The van der Waals surface area contributed by atoms with Crippen LogP contribution in [-0.2, 0) is 0 Å². The Balaban J connectivity index is 2.79. The molecule has 0 aromatic rings. The minimum Gasteiger partial charge on any atom is -0.317 e. The van der Waals surface area contributed by atoms with E-state index in [0.717, 1.165) is 23.8 Å². The highest BCUT2D eigenvalue weighted by atomic mass is 14.9. The zero-order valence-corrected chi connectivity index (χ0v) is 10.0. The van der Waals surface area contributed by atoms with E-state index in [1.807, 2.05) is 0 Å². The van der Waals surface area contributed by atoms with E-state index in [-0.39, 0.29) is 0 Å². The van der Waals surface area contributed by atoms with E-state index >= 15 is 0 Å². The van der Waals surface area contributed by atoms with Crippen LogP contribution in [0.5, 0.6) is 0 Å². The molecule has 1 fully saturated rings. The van der Waals surface area contributed by atoms with Gasteiger partial charge in [0.1, 0.15) is 0 Å². The van der Waals surface area contributed by atoms with Crippen LogP contribution in [0.1, 0.15) is 41.0 Å². The fourth-order valence-electron chi connectivity index (χ4n) is 2.75. The highest BCUT2D eigenvalue weighted by molar-refractivity contribution is 4.94. The minimum atomic E-state index is 0.507. The summed E-state index contributed by atoms with van der Waals surface area (Å²) in [6.07, 6.45) is 1.33. The third-order valence-corrected chi connectivity index (χ3v) is 4.85. The van der Waals surface area contributed by atoms with Gasteiger partial charge in [-0.05, 0) is 36.6 Å². The van der Waals surface area contributed by atoms with Gasteiger partial charge in [-0.1, -0.05) is 34.6 Å². The topological polar surface area (TPSA) is 12.0 Å². The number of hydrogen-bond donors (Lipinski definition) is 1. The van der Waals surface area contributed by atoms with Crippen LogP contribution in [-0.4, -0.2) is 13.1 Å². The lowest BCUT2D eigenvalue weighted by Crippen LogP contribution is -2.49. The monoisotopic (exact) mass is 183 g/mol. The minimum absolute atomic E-state index is 0.507. The average molecular weight is 183 g/mol. The number of nitrogens with one attached hydrogen (secondary N) is 1. The van der Waals surface area contributed by atoms with Crippen LogP contribution in [0.15, 0.2) is 0 Å². The lowest BCUT2D eigenvalue weighted by molar-refractivity contribution is 0.0177. The molecular formula is C12H25N. The Kier molecular flexibility index (Phi) is 3.06. The van der Waals surface area contributed by atoms with E-state index in [4.69, 9.17) is 0 Å². The van der Waals surface area contributed by atoms with E-state index in [0.29, 0.717) is 5.41 Å². The van der Waals surface area contributed by atoms with Gasteiger partial charge >= 0.3 is 0 Å². The second-order valence-corrected chi connectivity index (χ2v) is 5.50. The maximum absolute atomic E-state index is 3.45. The van der Waals surface area contributed by atoms with Gasteiger partial charge in [-0.15, -0.1) is 0 Å². The molecule has 1 N–H and O–H groups in total. The molecule has 1 rings (SSSR count). The molecule has 1 saturated carbocycles. The molecule has 1 unspecified atom stereocenters. The summed E-state index contributed by atoms with van der Waals surface area (Å²) in [5, 5.41) is 3.45. The lowest BCUT2D eigenvalue weighted by atomic mass is 9.58. The standard InChI is InChI=1S/C12H25N/c1-8-7-11(13-6)9(2)10(3)12(8,4)5/h8-11,13H,7H2,1-6H3/t8-,9-,10+,11?/m1/s1. The molecule has 1 nitrogen and oxygen atoms in total. The molecule has 0 aromatic heterocycles. The van der Waals surface area contributed by atoms with Crippen molar-refractivity contribution in [3.05, 3.63) is 0 Å². The van der Waals surface area contributed by atoms with Crippen molar-refractivity contribution < 1.29 is 0 Å². The van der Waals surface area contributed by atoms with Gasteiger partial charge in [0.2, 0.25) is 0 Å². The van der Waals surface area contributed by atoms with Crippen molar-refractivity contribution >= 4 is 0 Å². The predicted molar refractivity (Wildman–Crippen MR) is 58.7 cm³/mol. The molecule has 4 atom stereocenters. The Morgan fingerprint density at radius 3 is 2.15 bits per heavy atom. The van der Waals surface area contributed by atoms with E-state index in [2.05, 4.69) is 47.0 Å². The van der Waals surface area contributed by atoms with Gasteiger partial charge in [0.15, 0.2) is 0 Å². The maximum Gasteiger partial charge on any atom is 0.00951 e. The lowest BCUT2D eigenvalue weighted by Gasteiger charge is -2.49. The van der Waals surface area contributed by atoms with E-state index in [1.165, 1.54) is 6.42 Å². The summed E-state index contributed by atoms with van der Waals surface area (Å²) in [5.41, 5.74) is 0.507. The van der Waals surface area contributed by atoms with E-state index < -0.39 is 0 Å². The first kappa shape index (κ1) is 11.0. The van der Waals surface area contributed by atoms with Gasteiger partial charge in [0.05, 0.1) is 0 Å². The first-order valence-corrected chi connectivity index (χ1v) is 5.58. The first-order valence-electron chi connectivity index (χ1n) is 5.58. The molecule has 13 heavy (non-hydrogen) atoms. The molecule has 0 aliphatic heterocycles. The van der Waals surface area contributed by atoms with Gasteiger partial charge < -0.3 is 5.32 Å². The fourth-order valence-corrected chi connectivity index (χ4v) is 2.75. The molecule has 0 spiro atoms. The third-order valence-electron chi connectivity index (χ3n) is 4.85. The summed E-state index contributed by atoms with van der Waals surface area (Å²) in [7, 11) is 2.10. The number of hydrogen-bond acceptors (Lipinski definition) is 1. The van der Waals surface area contributed by atoms with Crippen LogP contribution >= 0.6 is 0 Å². The van der Waals surface area contributed by atoms with E-state index in [9.17, 15) is 0 Å². The van der Waals surface area contributed by atoms with Crippen LogP contribution in [0.4, 0.5) is 0 Å². The van der Waals surface area contributed by atoms with Crippen molar-refractivity contribution in [2.75, 3.05) is 7.05 Å². The Morgan fingerprint density at radius 2 is 1.69 bits per heavy atom. The Hall–Kier alpha value is -0.0400. The Bertz CT molecular complexity index is 174. The normalized spacial score (nSPS) is 44.8. The summed E-state index contributed by atoms with van der Waals surface area (Å²) in [6.45, 7) is 12.0. The van der Waals surface area contributed by atoms with E-state index in [1.54, 1.807) is 0 Å². The van der Waals surface area contributed by atoms with Crippen molar-refractivity contribution in [1.82, 2.24) is 5.32 Å². The Labute approximate surface area is 83.3 Å². The van der Waals surface area contributed by atoms with Crippen molar-refractivity contribution in [2.45, 2.75) is 47.1 Å². The molecule has 78 valence electrons. The molecule has 0 saturated heterocycles. The van der Waals surface area contributed by atoms with Crippen molar-refractivity contribution in [1.29, 1.82) is 0 Å². The number of rotatable bonds is 1. The highest BCUT2D eigenvalue weighted by Gasteiger charge is 2.42. The van der Waals surface area contributed by atoms with Gasteiger partial charge in [-0.3, -0.25) is 0 Å². The van der Waals surface area contributed by atoms with Crippen LogP contribution in [0.2, 0.25) is 0 Å².